The predicted molar refractivity (Wildman–Crippen MR) is 139 cm³/mol. The Morgan fingerprint density at radius 1 is 0.533 bits per heavy atom. The normalized spacial score (nSPS) is 12.9. The molecule has 0 N–H and O–H groups in total. The van der Waals surface area contributed by atoms with E-state index in [1.807, 2.05) is 22.7 Å². The number of hydrogen-bond acceptors (Lipinski definition) is 2. The summed E-state index contributed by atoms with van der Waals surface area (Å²) in [6.07, 6.45) is 0. The zero-order valence-corrected chi connectivity index (χ0v) is 18.7. The van der Waals surface area contributed by atoms with Crippen LogP contribution in [0.4, 0.5) is 0 Å². The molecule has 30 heavy (non-hydrogen) atoms. The monoisotopic (exact) mass is 418 g/mol. The first-order valence-corrected chi connectivity index (χ1v) is 12.2. The van der Waals surface area contributed by atoms with Gasteiger partial charge in [0.1, 0.15) is 0 Å². The fourth-order valence-electron chi connectivity index (χ4n) is 5.02. The maximum atomic E-state index is 2.48. The van der Waals surface area contributed by atoms with Crippen molar-refractivity contribution in [3.8, 4) is 20.9 Å². The first-order valence-electron chi connectivity index (χ1n) is 10.5. The van der Waals surface area contributed by atoms with Gasteiger partial charge >= 0.3 is 0 Å². The average molecular weight is 418 g/mol. The number of benzene rings is 3. The molecular formula is C26H20B2S2. The molecule has 2 aromatic heterocycles. The zero-order chi connectivity index (χ0) is 20.2. The van der Waals surface area contributed by atoms with Gasteiger partial charge in [0.05, 0.1) is 0 Å². The minimum absolute atomic E-state index is 0.395. The van der Waals surface area contributed by atoms with Gasteiger partial charge in [-0.05, 0) is 44.8 Å². The molecule has 0 radical (unpaired) electrons. The van der Waals surface area contributed by atoms with E-state index in [9.17, 15) is 0 Å². The minimum Gasteiger partial charge on any atom is -0.144 e. The Kier molecular flexibility index (Phi) is 4.26. The highest BCUT2D eigenvalue weighted by Gasteiger charge is 2.33. The van der Waals surface area contributed by atoms with Crippen molar-refractivity contribution < 1.29 is 0 Å². The molecule has 0 atom stereocenters. The summed E-state index contributed by atoms with van der Waals surface area (Å²) in [7, 11) is 0. The van der Waals surface area contributed by atoms with Crippen molar-refractivity contribution >= 4 is 68.7 Å². The lowest BCUT2D eigenvalue weighted by atomic mass is 9.25. The van der Waals surface area contributed by atoms with Gasteiger partial charge < -0.3 is 0 Å². The molecule has 1 aliphatic heterocycles. The van der Waals surface area contributed by atoms with E-state index in [0.29, 0.717) is 13.4 Å². The lowest BCUT2D eigenvalue weighted by Gasteiger charge is -2.30. The average Bonchev–Trinajstić information content (AvgIpc) is 3.50. The lowest BCUT2D eigenvalue weighted by Crippen LogP contribution is -2.66. The first kappa shape index (κ1) is 18.2. The van der Waals surface area contributed by atoms with E-state index in [1.54, 1.807) is 0 Å². The molecule has 0 unspecified atom stereocenters. The summed E-state index contributed by atoms with van der Waals surface area (Å²) >= 11 is 3.66. The molecule has 1 aliphatic rings. The Morgan fingerprint density at radius 2 is 0.967 bits per heavy atom. The van der Waals surface area contributed by atoms with E-state index in [4.69, 9.17) is 0 Å². The minimum atomic E-state index is 0.395. The molecule has 0 fully saturated rings. The highest BCUT2D eigenvalue weighted by atomic mass is 32.1. The van der Waals surface area contributed by atoms with Gasteiger partial charge in [0.2, 0.25) is 13.4 Å². The Balaban J connectivity index is 1.61. The van der Waals surface area contributed by atoms with Crippen LogP contribution in [-0.4, -0.2) is 13.4 Å². The van der Waals surface area contributed by atoms with Crippen LogP contribution in [-0.2, 0) is 0 Å². The van der Waals surface area contributed by atoms with Gasteiger partial charge in [-0.25, -0.2) is 0 Å². The highest BCUT2D eigenvalue weighted by molar-refractivity contribution is 7.14. The van der Waals surface area contributed by atoms with E-state index in [-0.39, 0.29) is 0 Å². The molecule has 0 aliphatic carbocycles. The van der Waals surface area contributed by atoms with Gasteiger partial charge in [-0.2, -0.15) is 0 Å². The fraction of sp³-hybridized carbons (Fsp3) is 0.0769. The van der Waals surface area contributed by atoms with Crippen molar-refractivity contribution in [2.75, 3.05) is 0 Å². The summed E-state index contributed by atoms with van der Waals surface area (Å²) in [6.45, 7) is 5.54. The van der Waals surface area contributed by atoms with E-state index < -0.39 is 0 Å². The van der Waals surface area contributed by atoms with Crippen LogP contribution < -0.4 is 21.9 Å². The van der Waals surface area contributed by atoms with Crippen LogP contribution in [0.15, 0.2) is 83.6 Å². The third kappa shape index (κ3) is 2.74. The van der Waals surface area contributed by atoms with Crippen molar-refractivity contribution in [1.82, 2.24) is 0 Å². The summed E-state index contributed by atoms with van der Waals surface area (Å²) in [5.74, 6) is 0. The van der Waals surface area contributed by atoms with Crippen molar-refractivity contribution in [2.45, 2.75) is 13.6 Å². The third-order valence-corrected chi connectivity index (χ3v) is 8.42. The van der Waals surface area contributed by atoms with Gasteiger partial charge in [-0.3, -0.25) is 0 Å². The van der Waals surface area contributed by atoms with Crippen molar-refractivity contribution in [1.29, 1.82) is 0 Å². The van der Waals surface area contributed by atoms with Crippen molar-refractivity contribution in [3.63, 3.8) is 0 Å². The second-order valence-corrected chi connectivity index (χ2v) is 10.1. The fourth-order valence-corrected chi connectivity index (χ4v) is 6.53. The molecule has 3 heterocycles. The number of thiophene rings is 2. The van der Waals surface area contributed by atoms with Gasteiger partial charge in [0, 0.05) is 9.75 Å². The predicted octanol–water partition coefficient (Wildman–Crippen LogP) is 5.09. The van der Waals surface area contributed by atoms with E-state index in [1.165, 1.54) is 53.5 Å². The lowest BCUT2D eigenvalue weighted by molar-refractivity contribution is 1.71. The third-order valence-electron chi connectivity index (χ3n) is 6.61. The van der Waals surface area contributed by atoms with Crippen LogP contribution in [0.3, 0.4) is 0 Å². The molecule has 3 aromatic carbocycles. The molecule has 0 saturated carbocycles. The summed E-state index contributed by atoms with van der Waals surface area (Å²) in [5.41, 5.74) is 8.66. The van der Waals surface area contributed by atoms with Gasteiger partial charge in [-0.1, -0.05) is 96.2 Å². The van der Waals surface area contributed by atoms with Crippen molar-refractivity contribution in [3.05, 3.63) is 83.6 Å². The van der Waals surface area contributed by atoms with E-state index in [0.717, 1.165) is 0 Å². The quantitative estimate of drug-likeness (QED) is 0.351. The van der Waals surface area contributed by atoms with Crippen LogP contribution >= 0.6 is 22.7 Å². The van der Waals surface area contributed by atoms with Gasteiger partial charge in [0.25, 0.3) is 0 Å². The molecular weight excluding hydrogens is 398 g/mol. The molecule has 6 rings (SSSR count). The summed E-state index contributed by atoms with van der Waals surface area (Å²) < 4.78 is 0. The Bertz CT molecular complexity index is 1260. The molecule has 0 bridgehead atoms. The SMILES string of the molecule is CB1c2cc(-c3cccs3)c(-c3cccs3)cc2B(C)c2cc3ccccc3cc21. The zero-order valence-electron chi connectivity index (χ0n) is 17.1. The Hall–Kier alpha value is -2.55. The highest BCUT2D eigenvalue weighted by Crippen LogP contribution is 2.36. The van der Waals surface area contributed by atoms with Gasteiger partial charge in [0.15, 0.2) is 0 Å². The first-order chi connectivity index (χ1) is 14.7. The van der Waals surface area contributed by atoms with Crippen LogP contribution in [0.1, 0.15) is 0 Å². The molecule has 0 spiro atoms. The smallest absolute Gasteiger partial charge is 0.144 e. The maximum Gasteiger partial charge on any atom is 0.204 e. The largest absolute Gasteiger partial charge is 0.204 e. The Morgan fingerprint density at radius 3 is 1.37 bits per heavy atom. The van der Waals surface area contributed by atoms with Crippen LogP contribution in [0.5, 0.6) is 0 Å². The molecule has 0 nitrogen and oxygen atoms in total. The van der Waals surface area contributed by atoms with Crippen LogP contribution in [0.2, 0.25) is 13.6 Å². The summed E-state index contributed by atoms with van der Waals surface area (Å²) in [5, 5.41) is 7.04. The topological polar surface area (TPSA) is 0 Å². The molecule has 0 saturated heterocycles. The summed E-state index contributed by atoms with van der Waals surface area (Å²) in [4.78, 5) is 2.70. The summed E-state index contributed by atoms with van der Waals surface area (Å²) in [6, 6.07) is 27.4. The molecule has 5 aromatic rings. The second-order valence-electron chi connectivity index (χ2n) is 8.25. The molecule has 142 valence electrons. The van der Waals surface area contributed by atoms with E-state index in [2.05, 4.69) is 97.2 Å². The van der Waals surface area contributed by atoms with Gasteiger partial charge in [-0.15, -0.1) is 22.7 Å². The Labute approximate surface area is 186 Å². The van der Waals surface area contributed by atoms with Crippen molar-refractivity contribution in [2.24, 2.45) is 0 Å². The second kappa shape index (κ2) is 7.01. The molecule has 0 amide bonds. The standard InChI is InChI=1S/C26H20B2S2/c1-27-21-13-17-7-3-4-8-18(17)14-22(21)28(2)24-16-20(26-10-6-12-30-26)19(15-23(24)27)25-9-5-11-29-25/h3-16H,1-2H3. The molecule has 4 heteroatoms. The maximum absolute atomic E-state index is 2.48. The van der Waals surface area contributed by atoms with E-state index >= 15 is 0 Å². The van der Waals surface area contributed by atoms with Crippen LogP contribution in [0, 0.1) is 0 Å². The number of hydrogen-bond donors (Lipinski definition) is 0. The van der Waals surface area contributed by atoms with Crippen LogP contribution in [0.25, 0.3) is 31.7 Å². The number of rotatable bonds is 2. The number of fused-ring (bicyclic) bond motifs is 3.